The van der Waals surface area contributed by atoms with Gasteiger partial charge in [0.25, 0.3) is 11.7 Å². The van der Waals surface area contributed by atoms with Crippen LogP contribution in [0.1, 0.15) is 30.5 Å². The van der Waals surface area contributed by atoms with Gasteiger partial charge in [-0.1, -0.05) is 48.9 Å². The summed E-state index contributed by atoms with van der Waals surface area (Å²) < 4.78 is 19.3. The normalized spacial score (nSPS) is 17.4. The molecule has 1 atom stereocenters. The van der Waals surface area contributed by atoms with E-state index >= 15 is 0 Å². The third kappa shape index (κ3) is 4.47. The van der Waals surface area contributed by atoms with Crippen LogP contribution < -0.4 is 9.64 Å². The molecule has 1 aliphatic heterocycles. The number of nitrogens with zero attached hydrogens (tertiary/aromatic N) is 1. The van der Waals surface area contributed by atoms with Crippen LogP contribution in [-0.4, -0.2) is 23.4 Å². The molecule has 5 nitrogen and oxygen atoms in total. The van der Waals surface area contributed by atoms with Gasteiger partial charge in [0.2, 0.25) is 0 Å². The Balaban J connectivity index is 1.89. The second kappa shape index (κ2) is 9.46. The first-order valence-electron chi connectivity index (χ1n) is 10.5. The molecule has 1 saturated heterocycles. The van der Waals surface area contributed by atoms with Crippen LogP contribution in [0, 0.1) is 5.82 Å². The number of halogens is 2. The number of rotatable bonds is 6. The van der Waals surface area contributed by atoms with Crippen molar-refractivity contribution < 1.29 is 23.8 Å². The Bertz CT molecular complexity index is 1240. The maximum Gasteiger partial charge on any atom is 0.300 e. The summed E-state index contributed by atoms with van der Waals surface area (Å²) in [6, 6.07) is 17.7. The van der Waals surface area contributed by atoms with E-state index in [0.29, 0.717) is 34.2 Å². The number of aliphatic hydroxyl groups is 1. The SMILES string of the molecule is CCCOc1cccc(/C(O)=C2\C(=O)C(=O)N(c3cccc(Cl)c3)C2c2ccc(F)cc2)c1. The molecule has 0 aromatic heterocycles. The van der Waals surface area contributed by atoms with Gasteiger partial charge in [-0.3, -0.25) is 14.5 Å². The number of aliphatic hydroxyl groups excluding tert-OH is 1. The van der Waals surface area contributed by atoms with Gasteiger partial charge in [0.05, 0.1) is 18.2 Å². The number of anilines is 1. The average Bonchev–Trinajstić information content (AvgIpc) is 3.08. The molecule has 3 aromatic rings. The Kier molecular flexibility index (Phi) is 6.47. The molecule has 1 fully saturated rings. The van der Waals surface area contributed by atoms with Crippen LogP contribution in [0.5, 0.6) is 5.75 Å². The Labute approximate surface area is 195 Å². The lowest BCUT2D eigenvalue weighted by Gasteiger charge is -2.25. The summed E-state index contributed by atoms with van der Waals surface area (Å²) in [4.78, 5) is 27.5. The first kappa shape index (κ1) is 22.6. The van der Waals surface area contributed by atoms with Crippen molar-refractivity contribution in [2.45, 2.75) is 19.4 Å². The zero-order valence-electron chi connectivity index (χ0n) is 17.8. The summed E-state index contributed by atoms with van der Waals surface area (Å²) in [7, 11) is 0. The molecule has 1 heterocycles. The lowest BCUT2D eigenvalue weighted by molar-refractivity contribution is -0.132. The number of carbonyl (C=O) groups excluding carboxylic acids is 2. The fourth-order valence-electron chi connectivity index (χ4n) is 3.79. The van der Waals surface area contributed by atoms with Gasteiger partial charge in [0.1, 0.15) is 17.3 Å². The third-order valence-electron chi connectivity index (χ3n) is 5.30. The van der Waals surface area contributed by atoms with Gasteiger partial charge in [-0.05, 0) is 54.4 Å². The summed E-state index contributed by atoms with van der Waals surface area (Å²) in [5, 5.41) is 11.6. The number of Topliss-reactive ketones (excluding diaryl/α,β-unsaturated/α-hetero) is 1. The lowest BCUT2D eigenvalue weighted by Crippen LogP contribution is -2.29. The Morgan fingerprint density at radius 2 is 1.79 bits per heavy atom. The number of hydrogen-bond donors (Lipinski definition) is 1. The number of benzene rings is 3. The second-order valence-electron chi connectivity index (χ2n) is 7.58. The van der Waals surface area contributed by atoms with Crippen molar-refractivity contribution in [3.05, 3.63) is 100 Å². The van der Waals surface area contributed by atoms with E-state index in [9.17, 15) is 19.1 Å². The molecule has 7 heteroatoms. The zero-order valence-corrected chi connectivity index (χ0v) is 18.6. The van der Waals surface area contributed by atoms with E-state index in [2.05, 4.69) is 0 Å². The minimum Gasteiger partial charge on any atom is -0.507 e. The minimum atomic E-state index is -0.968. The summed E-state index contributed by atoms with van der Waals surface area (Å²) in [6.45, 7) is 2.47. The van der Waals surface area contributed by atoms with Crippen molar-refractivity contribution in [2.75, 3.05) is 11.5 Å². The molecule has 1 amide bonds. The topological polar surface area (TPSA) is 66.8 Å². The molecule has 4 rings (SSSR count). The van der Waals surface area contributed by atoms with Crippen LogP contribution in [0.3, 0.4) is 0 Å². The Morgan fingerprint density at radius 3 is 2.48 bits per heavy atom. The van der Waals surface area contributed by atoms with Crippen LogP contribution in [-0.2, 0) is 9.59 Å². The maximum absolute atomic E-state index is 13.6. The predicted octanol–water partition coefficient (Wildman–Crippen LogP) is 5.89. The fraction of sp³-hybridized carbons (Fsp3) is 0.154. The highest BCUT2D eigenvalue weighted by molar-refractivity contribution is 6.51. The van der Waals surface area contributed by atoms with Crippen LogP contribution in [0.15, 0.2) is 78.4 Å². The second-order valence-corrected chi connectivity index (χ2v) is 8.01. The van der Waals surface area contributed by atoms with Crippen molar-refractivity contribution in [3.8, 4) is 5.75 Å². The molecule has 1 N–H and O–H groups in total. The summed E-state index contributed by atoms with van der Waals surface area (Å²) in [6.07, 6.45) is 0.811. The van der Waals surface area contributed by atoms with Gasteiger partial charge in [0.15, 0.2) is 0 Å². The molecule has 1 aliphatic rings. The van der Waals surface area contributed by atoms with Crippen molar-refractivity contribution >= 4 is 34.7 Å². The van der Waals surface area contributed by atoms with Gasteiger partial charge in [-0.15, -0.1) is 0 Å². The third-order valence-corrected chi connectivity index (χ3v) is 5.53. The lowest BCUT2D eigenvalue weighted by atomic mass is 9.95. The van der Waals surface area contributed by atoms with Gasteiger partial charge in [0, 0.05) is 16.3 Å². The molecular formula is C26H21ClFNO4. The largest absolute Gasteiger partial charge is 0.507 e. The molecule has 0 aliphatic carbocycles. The first-order chi connectivity index (χ1) is 15.9. The van der Waals surface area contributed by atoms with Gasteiger partial charge >= 0.3 is 0 Å². The highest BCUT2D eigenvalue weighted by atomic mass is 35.5. The summed E-state index contributed by atoms with van der Waals surface area (Å²) in [5.74, 6) is -1.93. The Morgan fingerprint density at radius 1 is 1.06 bits per heavy atom. The highest BCUT2D eigenvalue weighted by Crippen LogP contribution is 2.42. The fourth-order valence-corrected chi connectivity index (χ4v) is 3.98. The zero-order chi connectivity index (χ0) is 23.5. The molecule has 0 bridgehead atoms. The van der Waals surface area contributed by atoms with E-state index < -0.39 is 23.5 Å². The monoisotopic (exact) mass is 465 g/mol. The predicted molar refractivity (Wildman–Crippen MR) is 125 cm³/mol. The molecule has 0 radical (unpaired) electrons. The van der Waals surface area contributed by atoms with Crippen molar-refractivity contribution in [1.82, 2.24) is 0 Å². The Hall–Kier alpha value is -3.64. The molecule has 168 valence electrons. The van der Waals surface area contributed by atoms with E-state index in [1.165, 1.54) is 29.2 Å². The molecule has 1 unspecified atom stereocenters. The number of amides is 1. The minimum absolute atomic E-state index is 0.0979. The van der Waals surface area contributed by atoms with Crippen LogP contribution in [0.4, 0.5) is 10.1 Å². The molecule has 0 spiro atoms. The number of carbonyl (C=O) groups is 2. The van der Waals surface area contributed by atoms with Crippen LogP contribution in [0.25, 0.3) is 5.76 Å². The number of hydrogen-bond acceptors (Lipinski definition) is 4. The summed E-state index contributed by atoms with van der Waals surface area (Å²) >= 11 is 6.13. The van der Waals surface area contributed by atoms with Crippen LogP contribution >= 0.6 is 11.6 Å². The van der Waals surface area contributed by atoms with Gasteiger partial charge < -0.3 is 9.84 Å². The van der Waals surface area contributed by atoms with E-state index in [4.69, 9.17) is 16.3 Å². The van der Waals surface area contributed by atoms with Gasteiger partial charge in [-0.25, -0.2) is 4.39 Å². The van der Waals surface area contributed by atoms with Crippen LogP contribution in [0.2, 0.25) is 5.02 Å². The molecule has 0 saturated carbocycles. The quantitative estimate of drug-likeness (QED) is 0.280. The van der Waals surface area contributed by atoms with Crippen molar-refractivity contribution in [2.24, 2.45) is 0 Å². The van der Waals surface area contributed by atoms with E-state index in [1.54, 1.807) is 48.5 Å². The molecular weight excluding hydrogens is 445 g/mol. The van der Waals surface area contributed by atoms with Gasteiger partial charge in [-0.2, -0.15) is 0 Å². The van der Waals surface area contributed by atoms with Crippen molar-refractivity contribution in [3.63, 3.8) is 0 Å². The number of ketones is 1. The van der Waals surface area contributed by atoms with E-state index in [0.717, 1.165) is 6.42 Å². The smallest absolute Gasteiger partial charge is 0.300 e. The molecule has 3 aromatic carbocycles. The van der Waals surface area contributed by atoms with E-state index in [-0.39, 0.29) is 11.3 Å². The van der Waals surface area contributed by atoms with E-state index in [1.807, 2.05) is 6.92 Å². The molecule has 33 heavy (non-hydrogen) atoms. The maximum atomic E-state index is 13.6. The highest BCUT2D eigenvalue weighted by Gasteiger charge is 2.47. The average molecular weight is 466 g/mol. The standard InChI is InChI=1S/C26H21ClFNO4/c1-2-13-33-21-8-3-5-17(14-21)24(30)22-23(16-9-11-19(28)12-10-16)29(26(32)25(22)31)20-7-4-6-18(27)15-20/h3-12,14-15,23,30H,2,13H2,1H3/b24-22+. The number of ether oxygens (including phenoxy) is 1. The van der Waals surface area contributed by atoms with Crippen molar-refractivity contribution in [1.29, 1.82) is 0 Å². The first-order valence-corrected chi connectivity index (χ1v) is 10.8. The summed E-state index contributed by atoms with van der Waals surface area (Å²) in [5.41, 5.74) is 1.09.